The van der Waals surface area contributed by atoms with Gasteiger partial charge in [-0.05, 0) is 38.0 Å². The number of benzene rings is 1. The Morgan fingerprint density at radius 3 is 2.62 bits per heavy atom. The molecule has 0 unspecified atom stereocenters. The average Bonchev–Trinajstić information content (AvgIpc) is 2.49. The molecule has 0 aliphatic heterocycles. The van der Waals surface area contributed by atoms with Crippen molar-refractivity contribution in [1.29, 1.82) is 0 Å². The third-order valence-electron chi connectivity index (χ3n) is 3.24. The van der Waals surface area contributed by atoms with Crippen molar-refractivity contribution in [2.75, 3.05) is 27.4 Å². The van der Waals surface area contributed by atoms with Crippen LogP contribution in [0.15, 0.2) is 18.2 Å². The van der Waals surface area contributed by atoms with Crippen LogP contribution in [0.2, 0.25) is 0 Å². The Morgan fingerprint density at radius 2 is 2.00 bits per heavy atom. The van der Waals surface area contributed by atoms with Crippen LogP contribution in [-0.4, -0.2) is 38.1 Å². The van der Waals surface area contributed by atoms with Crippen LogP contribution in [0.4, 0.5) is 0 Å². The van der Waals surface area contributed by atoms with Gasteiger partial charge in [0.15, 0.2) is 0 Å². The molecule has 0 aliphatic carbocycles. The van der Waals surface area contributed by atoms with E-state index < -0.39 is 0 Å². The fourth-order valence-corrected chi connectivity index (χ4v) is 1.69. The van der Waals surface area contributed by atoms with Crippen molar-refractivity contribution in [3.05, 3.63) is 29.3 Å². The second-order valence-corrected chi connectivity index (χ2v) is 5.26. The van der Waals surface area contributed by atoms with Crippen LogP contribution in [0.25, 0.3) is 0 Å². The summed E-state index contributed by atoms with van der Waals surface area (Å²) in [7, 11) is 3.30. The molecule has 0 bridgehead atoms. The zero-order valence-electron chi connectivity index (χ0n) is 13.2. The molecule has 4 heteroatoms. The molecule has 0 radical (unpaired) electrons. The highest BCUT2D eigenvalue weighted by Gasteiger charge is 2.15. The molecule has 1 aromatic carbocycles. The van der Waals surface area contributed by atoms with E-state index in [-0.39, 0.29) is 12.2 Å². The third kappa shape index (κ3) is 6.17. The lowest BCUT2D eigenvalue weighted by Gasteiger charge is -2.22. The summed E-state index contributed by atoms with van der Waals surface area (Å²) in [6.07, 6.45) is 0.830. The first-order valence-corrected chi connectivity index (χ1v) is 6.92. The largest absolute Gasteiger partial charge is 0.495 e. The van der Waals surface area contributed by atoms with E-state index in [4.69, 9.17) is 19.3 Å². The van der Waals surface area contributed by atoms with E-state index in [9.17, 15) is 0 Å². The zero-order chi connectivity index (χ0) is 15.7. The number of aliphatic hydroxyl groups is 1. The van der Waals surface area contributed by atoms with Crippen LogP contribution < -0.4 is 4.74 Å². The van der Waals surface area contributed by atoms with Gasteiger partial charge in [-0.15, -0.1) is 0 Å². The molecule has 0 saturated heterocycles. The SMILES string of the molecule is COc1ccc(COCCC(C)(C)OC)cc1C#CCO. The maximum atomic E-state index is 8.78. The van der Waals surface area contributed by atoms with Crippen molar-refractivity contribution < 1.29 is 19.3 Å². The number of hydrogen-bond donors (Lipinski definition) is 1. The van der Waals surface area contributed by atoms with E-state index in [2.05, 4.69) is 11.8 Å². The molecule has 1 N–H and O–H groups in total. The summed E-state index contributed by atoms with van der Waals surface area (Å²) in [6, 6.07) is 5.73. The highest BCUT2D eigenvalue weighted by molar-refractivity contribution is 5.48. The average molecular weight is 292 g/mol. The molecule has 0 aromatic heterocycles. The van der Waals surface area contributed by atoms with E-state index in [0.717, 1.165) is 17.5 Å². The van der Waals surface area contributed by atoms with Crippen molar-refractivity contribution in [2.45, 2.75) is 32.5 Å². The smallest absolute Gasteiger partial charge is 0.134 e. The summed E-state index contributed by atoms with van der Waals surface area (Å²) < 4.78 is 16.3. The number of ether oxygens (including phenoxy) is 3. The molecule has 0 atom stereocenters. The maximum Gasteiger partial charge on any atom is 0.134 e. The molecule has 21 heavy (non-hydrogen) atoms. The quantitative estimate of drug-likeness (QED) is 0.619. The molecular formula is C17H24O4. The third-order valence-corrected chi connectivity index (χ3v) is 3.24. The molecule has 1 aromatic rings. The Labute approximate surface area is 127 Å². The van der Waals surface area contributed by atoms with Crippen LogP contribution in [-0.2, 0) is 16.1 Å². The Hall–Kier alpha value is -1.54. The van der Waals surface area contributed by atoms with Gasteiger partial charge in [-0.25, -0.2) is 0 Å². The first-order chi connectivity index (χ1) is 10.0. The second kappa shape index (κ2) is 8.68. The Morgan fingerprint density at radius 1 is 1.24 bits per heavy atom. The van der Waals surface area contributed by atoms with Gasteiger partial charge in [0.25, 0.3) is 0 Å². The fraction of sp³-hybridized carbons (Fsp3) is 0.529. The van der Waals surface area contributed by atoms with Crippen LogP contribution in [0.1, 0.15) is 31.4 Å². The fourth-order valence-electron chi connectivity index (χ4n) is 1.69. The predicted octanol–water partition coefficient (Wildman–Crippen LogP) is 2.37. The van der Waals surface area contributed by atoms with E-state index in [1.807, 2.05) is 32.0 Å². The van der Waals surface area contributed by atoms with Crippen molar-refractivity contribution in [3.63, 3.8) is 0 Å². The van der Waals surface area contributed by atoms with Crippen molar-refractivity contribution >= 4 is 0 Å². The van der Waals surface area contributed by atoms with Crippen molar-refractivity contribution in [3.8, 4) is 17.6 Å². The Bertz CT molecular complexity index is 497. The highest BCUT2D eigenvalue weighted by atomic mass is 16.5. The molecule has 116 valence electrons. The van der Waals surface area contributed by atoms with E-state index in [1.54, 1.807) is 14.2 Å². The monoisotopic (exact) mass is 292 g/mol. The summed E-state index contributed by atoms with van der Waals surface area (Å²) >= 11 is 0. The summed E-state index contributed by atoms with van der Waals surface area (Å²) in [5.74, 6) is 6.20. The lowest BCUT2D eigenvalue weighted by Crippen LogP contribution is -2.24. The van der Waals surface area contributed by atoms with Crippen LogP contribution in [0.5, 0.6) is 5.75 Å². The minimum absolute atomic E-state index is 0.169. The molecule has 0 heterocycles. The van der Waals surface area contributed by atoms with Gasteiger partial charge in [0.2, 0.25) is 0 Å². The summed E-state index contributed by atoms with van der Waals surface area (Å²) in [5, 5.41) is 8.78. The van der Waals surface area contributed by atoms with Crippen LogP contribution >= 0.6 is 0 Å². The van der Waals surface area contributed by atoms with Crippen molar-refractivity contribution in [2.24, 2.45) is 0 Å². The molecule has 0 aliphatic rings. The number of methoxy groups -OCH3 is 2. The minimum atomic E-state index is -0.171. The molecule has 0 spiro atoms. The minimum Gasteiger partial charge on any atom is -0.495 e. The molecule has 4 nitrogen and oxygen atoms in total. The summed E-state index contributed by atoms with van der Waals surface area (Å²) in [4.78, 5) is 0. The van der Waals surface area contributed by atoms with Gasteiger partial charge in [0, 0.05) is 13.7 Å². The first kappa shape index (κ1) is 17.5. The van der Waals surface area contributed by atoms with E-state index in [0.29, 0.717) is 19.0 Å². The van der Waals surface area contributed by atoms with E-state index in [1.165, 1.54) is 0 Å². The first-order valence-electron chi connectivity index (χ1n) is 6.92. The maximum absolute atomic E-state index is 8.78. The topological polar surface area (TPSA) is 47.9 Å². The zero-order valence-corrected chi connectivity index (χ0v) is 13.2. The van der Waals surface area contributed by atoms with E-state index >= 15 is 0 Å². The van der Waals surface area contributed by atoms with Gasteiger partial charge in [-0.1, -0.05) is 17.9 Å². The number of hydrogen-bond acceptors (Lipinski definition) is 4. The lowest BCUT2D eigenvalue weighted by molar-refractivity contribution is -0.0124. The summed E-state index contributed by atoms with van der Waals surface area (Å²) in [5.41, 5.74) is 1.61. The van der Waals surface area contributed by atoms with Gasteiger partial charge >= 0.3 is 0 Å². The standard InChI is InChI=1S/C17H24O4/c1-17(2,20-4)9-11-21-13-14-7-8-16(19-3)15(12-14)6-5-10-18/h7-8,12,18H,9-11,13H2,1-4H3. The lowest BCUT2D eigenvalue weighted by atomic mass is 10.1. The van der Waals surface area contributed by atoms with Crippen LogP contribution in [0.3, 0.4) is 0 Å². The van der Waals surface area contributed by atoms with Gasteiger partial charge in [0.05, 0.1) is 24.9 Å². The van der Waals surface area contributed by atoms with Gasteiger partial charge in [0.1, 0.15) is 12.4 Å². The summed E-state index contributed by atoms with van der Waals surface area (Å²) in [6.45, 7) is 5.04. The molecular weight excluding hydrogens is 268 g/mol. The normalized spacial score (nSPS) is 10.9. The molecule has 0 fully saturated rings. The number of rotatable bonds is 7. The molecule has 0 saturated carbocycles. The second-order valence-electron chi connectivity index (χ2n) is 5.26. The molecule has 1 rings (SSSR count). The number of aliphatic hydroxyl groups excluding tert-OH is 1. The highest BCUT2D eigenvalue weighted by Crippen LogP contribution is 2.20. The molecule has 0 amide bonds. The van der Waals surface area contributed by atoms with Gasteiger partial charge in [-0.2, -0.15) is 0 Å². The van der Waals surface area contributed by atoms with Crippen molar-refractivity contribution in [1.82, 2.24) is 0 Å². The Kier molecular flexibility index (Phi) is 7.24. The van der Waals surface area contributed by atoms with Gasteiger partial charge < -0.3 is 19.3 Å². The Balaban J connectivity index is 2.60. The van der Waals surface area contributed by atoms with Crippen LogP contribution in [0, 0.1) is 11.8 Å². The van der Waals surface area contributed by atoms with Gasteiger partial charge in [-0.3, -0.25) is 0 Å². The predicted molar refractivity (Wildman–Crippen MR) is 82.3 cm³/mol.